The Balaban J connectivity index is 1.83. The lowest BCUT2D eigenvalue weighted by Crippen LogP contribution is -2.15. The summed E-state index contributed by atoms with van der Waals surface area (Å²) in [5.74, 6) is 0.264. The van der Waals surface area contributed by atoms with Gasteiger partial charge >= 0.3 is 0 Å². The minimum atomic E-state index is -0.129. The van der Waals surface area contributed by atoms with Crippen LogP contribution in [-0.2, 0) is 11.3 Å². The van der Waals surface area contributed by atoms with Gasteiger partial charge in [0.05, 0.1) is 6.33 Å². The van der Waals surface area contributed by atoms with Crippen molar-refractivity contribution in [2.24, 2.45) is 0 Å². The fourth-order valence-corrected chi connectivity index (χ4v) is 1.34. The molecule has 88 valence electrons. The zero-order valence-corrected chi connectivity index (χ0v) is 9.63. The summed E-state index contributed by atoms with van der Waals surface area (Å²) in [5, 5.41) is 10.3. The molecule has 2 aromatic heterocycles. The number of rotatable bonds is 4. The minimum absolute atomic E-state index is 0.129. The van der Waals surface area contributed by atoms with Crippen LogP contribution < -0.4 is 5.32 Å². The second kappa shape index (κ2) is 5.40. The first-order chi connectivity index (χ1) is 8.24. The van der Waals surface area contributed by atoms with Crippen molar-refractivity contribution < 1.29 is 4.79 Å². The van der Waals surface area contributed by atoms with Crippen molar-refractivity contribution >= 4 is 23.3 Å². The number of imidazole rings is 1. The molecule has 0 aliphatic rings. The number of nitrogens with one attached hydrogen (secondary N) is 1. The number of aryl methyl sites for hydroxylation is 1. The zero-order valence-electron chi connectivity index (χ0n) is 8.88. The maximum Gasteiger partial charge on any atom is 0.227 e. The summed E-state index contributed by atoms with van der Waals surface area (Å²) in [6.07, 6.45) is 5.48. The second-order valence-electron chi connectivity index (χ2n) is 3.34. The first-order valence-electron chi connectivity index (χ1n) is 4.99. The molecule has 2 rings (SSSR count). The molecule has 1 amide bonds. The third-order valence-corrected chi connectivity index (χ3v) is 2.26. The van der Waals surface area contributed by atoms with Gasteiger partial charge in [-0.1, -0.05) is 11.6 Å². The largest absolute Gasteiger partial charge is 0.337 e. The Morgan fingerprint density at radius 3 is 2.94 bits per heavy atom. The van der Waals surface area contributed by atoms with Crippen LogP contribution in [0.3, 0.4) is 0 Å². The molecule has 0 atom stereocenters. The van der Waals surface area contributed by atoms with Gasteiger partial charge in [-0.15, -0.1) is 10.2 Å². The van der Waals surface area contributed by atoms with Crippen LogP contribution in [-0.4, -0.2) is 25.7 Å². The summed E-state index contributed by atoms with van der Waals surface area (Å²) >= 11 is 5.58. The van der Waals surface area contributed by atoms with Crippen molar-refractivity contribution in [2.45, 2.75) is 13.0 Å². The van der Waals surface area contributed by atoms with E-state index in [0.29, 0.717) is 23.9 Å². The Bertz CT molecular complexity index is 482. The molecule has 7 heteroatoms. The lowest BCUT2D eigenvalue weighted by Gasteiger charge is -2.04. The number of hydrogen-bond donors (Lipinski definition) is 1. The van der Waals surface area contributed by atoms with Gasteiger partial charge in [0, 0.05) is 25.4 Å². The summed E-state index contributed by atoms with van der Waals surface area (Å²) in [5.41, 5.74) is 0. The Kier molecular flexibility index (Phi) is 3.66. The van der Waals surface area contributed by atoms with Crippen LogP contribution in [0.25, 0.3) is 0 Å². The van der Waals surface area contributed by atoms with Gasteiger partial charge in [-0.25, -0.2) is 4.98 Å². The van der Waals surface area contributed by atoms with Crippen LogP contribution in [0.1, 0.15) is 6.42 Å². The molecule has 1 N–H and O–H groups in total. The van der Waals surface area contributed by atoms with E-state index in [2.05, 4.69) is 20.5 Å². The van der Waals surface area contributed by atoms with Crippen molar-refractivity contribution in [3.05, 3.63) is 36.0 Å². The van der Waals surface area contributed by atoms with Gasteiger partial charge < -0.3 is 9.88 Å². The van der Waals surface area contributed by atoms with Crippen molar-refractivity contribution in [1.82, 2.24) is 19.7 Å². The molecule has 0 aromatic carbocycles. The Morgan fingerprint density at radius 2 is 2.29 bits per heavy atom. The molecule has 0 aliphatic carbocycles. The summed E-state index contributed by atoms with van der Waals surface area (Å²) in [6.45, 7) is 0.576. The Labute approximate surface area is 103 Å². The number of hydrogen-bond acceptors (Lipinski definition) is 4. The van der Waals surface area contributed by atoms with Gasteiger partial charge in [0.25, 0.3) is 0 Å². The Morgan fingerprint density at radius 1 is 1.41 bits per heavy atom. The molecule has 2 heterocycles. The van der Waals surface area contributed by atoms with Crippen LogP contribution >= 0.6 is 11.6 Å². The quantitative estimate of drug-likeness (QED) is 0.890. The molecule has 0 radical (unpaired) electrons. The Hall–Kier alpha value is -1.95. The summed E-state index contributed by atoms with van der Waals surface area (Å²) < 4.78 is 1.83. The molecular formula is C10H10ClN5O. The van der Waals surface area contributed by atoms with Gasteiger partial charge in [-0.05, 0) is 12.1 Å². The molecule has 0 aliphatic heterocycles. The maximum atomic E-state index is 11.5. The molecule has 0 saturated carbocycles. The number of halogens is 1. The highest BCUT2D eigenvalue weighted by atomic mass is 35.5. The van der Waals surface area contributed by atoms with Crippen molar-refractivity contribution in [3.8, 4) is 0 Å². The normalized spacial score (nSPS) is 10.2. The predicted octanol–water partition coefficient (Wildman–Crippen LogP) is 1.36. The van der Waals surface area contributed by atoms with Gasteiger partial charge in [-0.2, -0.15) is 0 Å². The summed E-state index contributed by atoms with van der Waals surface area (Å²) in [7, 11) is 0. The number of nitrogens with zero attached hydrogens (tertiary/aromatic N) is 4. The smallest absolute Gasteiger partial charge is 0.227 e. The highest BCUT2D eigenvalue weighted by Crippen LogP contribution is 2.06. The third kappa shape index (κ3) is 3.53. The molecule has 0 fully saturated rings. The first kappa shape index (κ1) is 11.5. The number of anilines is 1. The average Bonchev–Trinajstić information content (AvgIpc) is 2.83. The van der Waals surface area contributed by atoms with Crippen molar-refractivity contribution in [3.63, 3.8) is 0 Å². The summed E-state index contributed by atoms with van der Waals surface area (Å²) in [4.78, 5) is 15.4. The van der Waals surface area contributed by atoms with Crippen LogP contribution in [0.5, 0.6) is 0 Å². The molecule has 0 spiro atoms. The molecule has 0 bridgehead atoms. The molecule has 6 nitrogen and oxygen atoms in total. The lowest BCUT2D eigenvalue weighted by molar-refractivity contribution is -0.116. The van der Waals surface area contributed by atoms with E-state index in [1.165, 1.54) is 0 Å². The SMILES string of the molecule is O=C(CCn1ccnc1)Nc1ccc(Cl)nn1. The van der Waals surface area contributed by atoms with Crippen LogP contribution in [0.4, 0.5) is 5.82 Å². The number of amides is 1. The predicted molar refractivity (Wildman–Crippen MR) is 62.5 cm³/mol. The monoisotopic (exact) mass is 251 g/mol. The average molecular weight is 252 g/mol. The number of carbonyl (C=O) groups is 1. The highest BCUT2D eigenvalue weighted by molar-refractivity contribution is 6.29. The van der Waals surface area contributed by atoms with E-state index in [4.69, 9.17) is 11.6 Å². The standard InChI is InChI=1S/C10H10ClN5O/c11-8-1-2-9(15-14-8)13-10(17)3-5-16-6-4-12-7-16/h1-2,4,6-7H,3,5H2,(H,13,15,17). The minimum Gasteiger partial charge on any atom is -0.337 e. The molecular weight excluding hydrogens is 242 g/mol. The topological polar surface area (TPSA) is 72.7 Å². The van der Waals surface area contributed by atoms with E-state index < -0.39 is 0 Å². The van der Waals surface area contributed by atoms with E-state index in [1.54, 1.807) is 30.9 Å². The van der Waals surface area contributed by atoms with Crippen LogP contribution in [0, 0.1) is 0 Å². The van der Waals surface area contributed by atoms with Gasteiger partial charge in [0.15, 0.2) is 11.0 Å². The van der Waals surface area contributed by atoms with Gasteiger partial charge in [0.1, 0.15) is 0 Å². The molecule has 0 saturated heterocycles. The van der Waals surface area contributed by atoms with E-state index >= 15 is 0 Å². The van der Waals surface area contributed by atoms with Gasteiger partial charge in [0.2, 0.25) is 5.91 Å². The van der Waals surface area contributed by atoms with Crippen LogP contribution in [0.15, 0.2) is 30.9 Å². The third-order valence-electron chi connectivity index (χ3n) is 2.06. The van der Waals surface area contributed by atoms with Crippen molar-refractivity contribution in [2.75, 3.05) is 5.32 Å². The molecule has 0 unspecified atom stereocenters. The highest BCUT2D eigenvalue weighted by Gasteiger charge is 2.03. The second-order valence-corrected chi connectivity index (χ2v) is 3.73. The lowest BCUT2D eigenvalue weighted by atomic mass is 10.4. The van der Waals surface area contributed by atoms with Crippen LogP contribution in [0.2, 0.25) is 5.15 Å². The van der Waals surface area contributed by atoms with E-state index in [0.717, 1.165) is 0 Å². The summed E-state index contributed by atoms with van der Waals surface area (Å²) in [6, 6.07) is 3.17. The van der Waals surface area contributed by atoms with Gasteiger partial charge in [-0.3, -0.25) is 4.79 Å². The number of carbonyl (C=O) groups excluding carboxylic acids is 1. The fourth-order valence-electron chi connectivity index (χ4n) is 1.24. The van der Waals surface area contributed by atoms with Crippen molar-refractivity contribution in [1.29, 1.82) is 0 Å². The fraction of sp³-hybridized carbons (Fsp3) is 0.200. The number of aromatic nitrogens is 4. The maximum absolute atomic E-state index is 11.5. The first-order valence-corrected chi connectivity index (χ1v) is 5.36. The van der Waals surface area contributed by atoms with E-state index in [1.807, 2.05) is 4.57 Å². The molecule has 17 heavy (non-hydrogen) atoms. The van der Waals surface area contributed by atoms with E-state index in [-0.39, 0.29) is 5.91 Å². The zero-order chi connectivity index (χ0) is 12.1. The molecule has 2 aromatic rings. The van der Waals surface area contributed by atoms with E-state index in [9.17, 15) is 4.79 Å².